The first-order valence-electron chi connectivity index (χ1n) is 7.45. The van der Waals surface area contributed by atoms with E-state index in [0.29, 0.717) is 17.3 Å². The number of hydrogen-bond acceptors (Lipinski definition) is 7. The first-order chi connectivity index (χ1) is 12.0. The molecule has 3 amide bonds. The van der Waals surface area contributed by atoms with Crippen molar-refractivity contribution < 1.29 is 9.59 Å². The van der Waals surface area contributed by atoms with Crippen molar-refractivity contribution >= 4 is 40.7 Å². The summed E-state index contributed by atoms with van der Waals surface area (Å²) in [6.07, 6.45) is 0. The van der Waals surface area contributed by atoms with E-state index in [4.69, 9.17) is 0 Å². The van der Waals surface area contributed by atoms with Crippen LogP contribution in [0, 0.1) is 13.8 Å². The number of nitrogens with one attached hydrogen (secondary N) is 2. The first kappa shape index (κ1) is 17.4. The number of thioether (sulfide) groups is 1. The predicted octanol–water partition coefficient (Wildman–Crippen LogP) is 1.92. The first-order valence-corrected chi connectivity index (χ1v) is 9.31. The SMILES string of the molecule is Cc1cc2nnc(SCC(=O)NC(=O)NCc3cccs3)n2c(C)n1. The quantitative estimate of drug-likeness (QED) is 0.660. The molecule has 0 aliphatic carbocycles. The third kappa shape index (κ3) is 4.34. The molecule has 0 aliphatic rings. The van der Waals surface area contributed by atoms with E-state index in [1.54, 1.807) is 15.7 Å². The Morgan fingerprint density at radius 3 is 2.92 bits per heavy atom. The third-order valence-corrected chi connectivity index (χ3v) is 5.05. The standard InChI is InChI=1S/C15H16N6O2S2/c1-9-6-12-19-20-15(21(12)10(2)17-9)25-8-13(22)18-14(23)16-7-11-4-3-5-24-11/h3-6H,7-8H2,1-2H3,(H2,16,18,22,23). The maximum Gasteiger partial charge on any atom is 0.321 e. The van der Waals surface area contributed by atoms with Crippen molar-refractivity contribution in [2.24, 2.45) is 0 Å². The van der Waals surface area contributed by atoms with Crippen molar-refractivity contribution in [2.75, 3.05) is 5.75 Å². The van der Waals surface area contributed by atoms with E-state index in [1.807, 2.05) is 37.4 Å². The summed E-state index contributed by atoms with van der Waals surface area (Å²) in [4.78, 5) is 29.0. The van der Waals surface area contributed by atoms with E-state index in [2.05, 4.69) is 25.8 Å². The van der Waals surface area contributed by atoms with Gasteiger partial charge in [-0.05, 0) is 25.3 Å². The number of carbonyl (C=O) groups excluding carboxylic acids is 2. The van der Waals surface area contributed by atoms with Crippen LogP contribution in [-0.2, 0) is 11.3 Å². The monoisotopic (exact) mass is 376 g/mol. The molecule has 0 atom stereocenters. The van der Waals surface area contributed by atoms with Gasteiger partial charge in [-0.3, -0.25) is 14.5 Å². The van der Waals surface area contributed by atoms with Gasteiger partial charge in [0, 0.05) is 16.6 Å². The number of amides is 3. The lowest BCUT2D eigenvalue weighted by atomic mass is 10.4. The van der Waals surface area contributed by atoms with Gasteiger partial charge in [-0.25, -0.2) is 9.78 Å². The number of aryl methyl sites for hydroxylation is 2. The Morgan fingerprint density at radius 1 is 1.32 bits per heavy atom. The molecule has 130 valence electrons. The Balaban J connectivity index is 1.53. The van der Waals surface area contributed by atoms with E-state index in [1.165, 1.54) is 11.8 Å². The lowest BCUT2D eigenvalue weighted by Crippen LogP contribution is -2.39. The van der Waals surface area contributed by atoms with Crippen LogP contribution in [0.4, 0.5) is 4.79 Å². The van der Waals surface area contributed by atoms with Crippen LogP contribution in [0.3, 0.4) is 0 Å². The minimum atomic E-state index is -0.515. The van der Waals surface area contributed by atoms with E-state index < -0.39 is 11.9 Å². The number of nitrogens with zero attached hydrogens (tertiary/aromatic N) is 4. The molecule has 0 saturated carbocycles. The van der Waals surface area contributed by atoms with Gasteiger partial charge in [0.15, 0.2) is 10.8 Å². The number of hydrogen-bond donors (Lipinski definition) is 2. The highest BCUT2D eigenvalue weighted by Crippen LogP contribution is 2.18. The second kappa shape index (κ2) is 7.62. The topological polar surface area (TPSA) is 101 Å². The highest BCUT2D eigenvalue weighted by molar-refractivity contribution is 7.99. The average Bonchev–Trinajstić information content (AvgIpc) is 3.20. The number of urea groups is 1. The summed E-state index contributed by atoms with van der Waals surface area (Å²) >= 11 is 2.74. The van der Waals surface area contributed by atoms with Crippen LogP contribution < -0.4 is 10.6 Å². The van der Waals surface area contributed by atoms with Crippen molar-refractivity contribution in [2.45, 2.75) is 25.5 Å². The van der Waals surface area contributed by atoms with Gasteiger partial charge >= 0.3 is 6.03 Å². The molecule has 3 aromatic rings. The van der Waals surface area contributed by atoms with Gasteiger partial charge < -0.3 is 5.32 Å². The molecule has 10 heteroatoms. The molecular formula is C15H16N6O2S2. The molecule has 0 unspecified atom stereocenters. The maximum absolute atomic E-state index is 11.9. The molecule has 0 aromatic carbocycles. The van der Waals surface area contributed by atoms with Crippen LogP contribution in [0.5, 0.6) is 0 Å². The predicted molar refractivity (Wildman–Crippen MR) is 95.7 cm³/mol. The molecular weight excluding hydrogens is 360 g/mol. The smallest absolute Gasteiger partial charge is 0.321 e. The zero-order chi connectivity index (χ0) is 17.8. The largest absolute Gasteiger partial charge is 0.333 e. The molecule has 3 heterocycles. The normalized spacial score (nSPS) is 10.8. The Morgan fingerprint density at radius 2 is 2.16 bits per heavy atom. The minimum absolute atomic E-state index is 0.0561. The van der Waals surface area contributed by atoms with Crippen molar-refractivity contribution in [1.82, 2.24) is 30.2 Å². The number of fused-ring (bicyclic) bond motifs is 1. The fraction of sp³-hybridized carbons (Fsp3) is 0.267. The van der Waals surface area contributed by atoms with E-state index >= 15 is 0 Å². The number of imide groups is 1. The molecule has 0 spiro atoms. The number of aromatic nitrogens is 4. The van der Waals surface area contributed by atoms with E-state index in [0.717, 1.165) is 16.4 Å². The van der Waals surface area contributed by atoms with Gasteiger partial charge in [-0.1, -0.05) is 17.8 Å². The summed E-state index contributed by atoms with van der Waals surface area (Å²) in [5, 5.41) is 15.6. The summed E-state index contributed by atoms with van der Waals surface area (Å²) in [5.41, 5.74) is 1.54. The zero-order valence-electron chi connectivity index (χ0n) is 13.6. The van der Waals surface area contributed by atoms with Gasteiger partial charge in [0.2, 0.25) is 5.91 Å². The molecule has 0 aliphatic heterocycles. The Labute approximate surface area is 152 Å². The summed E-state index contributed by atoms with van der Waals surface area (Å²) in [7, 11) is 0. The average molecular weight is 376 g/mol. The number of rotatable bonds is 5. The molecule has 0 fully saturated rings. The molecule has 3 rings (SSSR count). The maximum atomic E-state index is 11.9. The van der Waals surface area contributed by atoms with Gasteiger partial charge in [0.05, 0.1) is 12.3 Å². The van der Waals surface area contributed by atoms with Gasteiger partial charge in [0.1, 0.15) is 5.82 Å². The highest BCUT2D eigenvalue weighted by atomic mass is 32.2. The molecule has 0 saturated heterocycles. The van der Waals surface area contributed by atoms with Gasteiger partial charge in [0.25, 0.3) is 0 Å². The molecule has 25 heavy (non-hydrogen) atoms. The number of carbonyl (C=O) groups is 2. The number of thiophene rings is 1. The molecule has 0 radical (unpaired) electrons. The second-order valence-electron chi connectivity index (χ2n) is 5.22. The van der Waals surface area contributed by atoms with Crippen LogP contribution in [0.15, 0.2) is 28.7 Å². The lowest BCUT2D eigenvalue weighted by Gasteiger charge is -2.06. The van der Waals surface area contributed by atoms with Crippen LogP contribution >= 0.6 is 23.1 Å². The minimum Gasteiger partial charge on any atom is -0.333 e. The second-order valence-corrected chi connectivity index (χ2v) is 7.19. The Hall–Kier alpha value is -2.46. The van der Waals surface area contributed by atoms with Crippen LogP contribution in [-0.4, -0.2) is 37.3 Å². The van der Waals surface area contributed by atoms with E-state index in [-0.39, 0.29) is 5.75 Å². The molecule has 8 nitrogen and oxygen atoms in total. The summed E-state index contributed by atoms with van der Waals surface area (Å²) in [6, 6.07) is 5.13. The fourth-order valence-electron chi connectivity index (χ4n) is 2.21. The Kier molecular flexibility index (Phi) is 5.29. The summed E-state index contributed by atoms with van der Waals surface area (Å²) in [5.74, 6) is 0.403. The summed E-state index contributed by atoms with van der Waals surface area (Å²) < 4.78 is 1.78. The Bertz CT molecular complexity index is 906. The molecule has 0 bridgehead atoms. The van der Waals surface area contributed by atoms with Crippen LogP contribution in [0.25, 0.3) is 5.65 Å². The van der Waals surface area contributed by atoms with E-state index in [9.17, 15) is 9.59 Å². The van der Waals surface area contributed by atoms with Crippen LogP contribution in [0.1, 0.15) is 16.4 Å². The van der Waals surface area contributed by atoms with Crippen molar-refractivity contribution in [3.05, 3.63) is 40.0 Å². The van der Waals surface area contributed by atoms with Gasteiger partial charge in [-0.2, -0.15) is 0 Å². The van der Waals surface area contributed by atoms with Gasteiger partial charge in [-0.15, -0.1) is 21.5 Å². The summed E-state index contributed by atoms with van der Waals surface area (Å²) in [6.45, 7) is 4.13. The fourth-order valence-corrected chi connectivity index (χ4v) is 3.64. The van der Waals surface area contributed by atoms with Crippen molar-refractivity contribution in [3.8, 4) is 0 Å². The van der Waals surface area contributed by atoms with Crippen molar-refractivity contribution in [1.29, 1.82) is 0 Å². The van der Waals surface area contributed by atoms with Crippen LogP contribution in [0.2, 0.25) is 0 Å². The lowest BCUT2D eigenvalue weighted by molar-refractivity contribution is -0.117. The molecule has 2 N–H and O–H groups in total. The van der Waals surface area contributed by atoms with Crippen molar-refractivity contribution in [3.63, 3.8) is 0 Å². The zero-order valence-corrected chi connectivity index (χ0v) is 15.3. The highest BCUT2D eigenvalue weighted by Gasteiger charge is 2.13. The molecule has 3 aromatic heterocycles. The third-order valence-electron chi connectivity index (χ3n) is 3.25.